The Bertz CT molecular complexity index is 495. The molecular weight excluding hydrogens is 272 g/mol. The normalized spacial score (nSPS) is 24.6. The van der Waals surface area contributed by atoms with Crippen LogP contribution in [-0.2, 0) is 16.1 Å². The molecule has 0 bridgehead atoms. The summed E-state index contributed by atoms with van der Waals surface area (Å²) in [4.78, 5) is 26.1. The van der Waals surface area contributed by atoms with Gasteiger partial charge in [0.05, 0.1) is 19.0 Å². The molecule has 114 valence electrons. The zero-order chi connectivity index (χ0) is 14.7. The van der Waals surface area contributed by atoms with Crippen molar-refractivity contribution in [2.75, 3.05) is 0 Å². The van der Waals surface area contributed by atoms with E-state index in [4.69, 9.17) is 0 Å². The highest BCUT2D eigenvalue weighted by atomic mass is 16.2. The smallest absolute Gasteiger partial charge is 0.247 e. The Hall–Kier alpha value is -1.83. The number of nitrogens with zero attached hydrogens (tertiary/aromatic N) is 4. The van der Waals surface area contributed by atoms with E-state index >= 15 is 0 Å². The van der Waals surface area contributed by atoms with Gasteiger partial charge in [-0.25, -0.2) is 0 Å². The molecule has 1 atom stereocenters. The number of H-pyrrole nitrogens is 1. The lowest BCUT2D eigenvalue weighted by atomic mass is 10.1. The van der Waals surface area contributed by atoms with Crippen molar-refractivity contribution in [1.29, 1.82) is 0 Å². The summed E-state index contributed by atoms with van der Waals surface area (Å²) in [5.41, 5.74) is 0. The van der Waals surface area contributed by atoms with E-state index < -0.39 is 6.04 Å². The topological polar surface area (TPSA) is 104 Å². The Balaban J connectivity index is 1.61. The van der Waals surface area contributed by atoms with Crippen molar-refractivity contribution < 1.29 is 9.59 Å². The first-order chi connectivity index (χ1) is 10.3. The van der Waals surface area contributed by atoms with Crippen LogP contribution in [0.1, 0.15) is 50.8 Å². The third-order valence-electron chi connectivity index (χ3n) is 4.27. The van der Waals surface area contributed by atoms with Gasteiger partial charge in [0.15, 0.2) is 5.82 Å². The van der Waals surface area contributed by atoms with Gasteiger partial charge in [-0.05, 0) is 12.8 Å². The number of carbonyl (C=O) groups is 2. The van der Waals surface area contributed by atoms with E-state index in [-0.39, 0.29) is 24.3 Å². The number of likely N-dealkylation sites (tertiary alicyclic amines) is 1. The molecule has 0 aromatic carbocycles. The number of hydrogen-bond donors (Lipinski definition) is 2. The highest BCUT2D eigenvalue weighted by Gasteiger charge is 2.41. The van der Waals surface area contributed by atoms with Crippen LogP contribution >= 0.6 is 0 Å². The molecule has 2 heterocycles. The molecule has 2 amide bonds. The van der Waals surface area contributed by atoms with Gasteiger partial charge in [0.2, 0.25) is 11.8 Å². The summed E-state index contributed by atoms with van der Waals surface area (Å²) in [6.07, 6.45) is 6.71. The van der Waals surface area contributed by atoms with Gasteiger partial charge in [0.1, 0.15) is 0 Å². The molecule has 8 heteroatoms. The van der Waals surface area contributed by atoms with E-state index in [0.29, 0.717) is 12.4 Å². The number of rotatable bonds is 4. The number of aromatic amines is 1. The summed E-state index contributed by atoms with van der Waals surface area (Å²) in [5, 5.41) is 16.5. The predicted octanol–water partition coefficient (Wildman–Crippen LogP) is 0.140. The molecule has 1 unspecified atom stereocenters. The third kappa shape index (κ3) is 3.10. The van der Waals surface area contributed by atoms with Crippen LogP contribution < -0.4 is 5.32 Å². The monoisotopic (exact) mass is 292 g/mol. The van der Waals surface area contributed by atoms with Crippen molar-refractivity contribution in [2.24, 2.45) is 0 Å². The van der Waals surface area contributed by atoms with Gasteiger partial charge < -0.3 is 0 Å². The van der Waals surface area contributed by atoms with Crippen LogP contribution in [-0.4, -0.2) is 49.4 Å². The Morgan fingerprint density at radius 2 is 1.95 bits per heavy atom. The number of amides is 2. The van der Waals surface area contributed by atoms with Gasteiger partial charge >= 0.3 is 0 Å². The second kappa shape index (κ2) is 6.30. The highest BCUT2D eigenvalue weighted by molar-refractivity contribution is 6.05. The minimum Gasteiger partial charge on any atom is -0.298 e. The lowest BCUT2D eigenvalue weighted by Gasteiger charge is -2.25. The van der Waals surface area contributed by atoms with E-state index in [0.717, 1.165) is 25.7 Å². The maximum Gasteiger partial charge on any atom is 0.247 e. The molecule has 1 aromatic rings. The van der Waals surface area contributed by atoms with E-state index in [1.165, 1.54) is 17.7 Å². The molecule has 2 N–H and O–H groups in total. The molecule has 0 radical (unpaired) electrons. The number of carbonyl (C=O) groups excluding carboxylic acids is 2. The second-order valence-corrected chi connectivity index (χ2v) is 5.71. The average Bonchev–Trinajstić information content (AvgIpc) is 2.98. The first-order valence-electron chi connectivity index (χ1n) is 7.57. The van der Waals surface area contributed by atoms with Crippen LogP contribution in [0.15, 0.2) is 0 Å². The van der Waals surface area contributed by atoms with Crippen LogP contribution in [0.4, 0.5) is 0 Å². The summed E-state index contributed by atoms with van der Waals surface area (Å²) in [6.45, 7) is 0.332. The SMILES string of the molecule is O=C1CC(NCc2nn[nH]n2)C(=O)N1C1CCCCCC1. The summed E-state index contributed by atoms with van der Waals surface area (Å²) >= 11 is 0. The van der Waals surface area contributed by atoms with Gasteiger partial charge in [-0.1, -0.05) is 30.9 Å². The minimum absolute atomic E-state index is 0.0579. The Kier molecular flexibility index (Phi) is 4.23. The van der Waals surface area contributed by atoms with Crippen molar-refractivity contribution in [1.82, 2.24) is 30.8 Å². The second-order valence-electron chi connectivity index (χ2n) is 5.71. The van der Waals surface area contributed by atoms with Gasteiger partial charge in [-0.2, -0.15) is 5.21 Å². The van der Waals surface area contributed by atoms with Crippen LogP contribution in [0, 0.1) is 0 Å². The number of hydrogen-bond acceptors (Lipinski definition) is 6. The molecule has 1 aliphatic carbocycles. The number of tetrazole rings is 1. The van der Waals surface area contributed by atoms with Gasteiger partial charge in [-0.15, -0.1) is 10.2 Å². The molecule has 1 saturated carbocycles. The minimum atomic E-state index is -0.459. The summed E-state index contributed by atoms with van der Waals surface area (Å²) in [5.74, 6) is 0.330. The van der Waals surface area contributed by atoms with Crippen molar-refractivity contribution in [2.45, 2.75) is 63.6 Å². The fourth-order valence-corrected chi connectivity index (χ4v) is 3.18. The quantitative estimate of drug-likeness (QED) is 0.604. The van der Waals surface area contributed by atoms with Crippen LogP contribution in [0.2, 0.25) is 0 Å². The van der Waals surface area contributed by atoms with Crippen molar-refractivity contribution in [3.05, 3.63) is 5.82 Å². The van der Waals surface area contributed by atoms with Gasteiger partial charge in [0, 0.05) is 6.04 Å². The lowest BCUT2D eigenvalue weighted by Crippen LogP contribution is -2.43. The molecule has 3 rings (SSSR count). The largest absolute Gasteiger partial charge is 0.298 e. The van der Waals surface area contributed by atoms with Crippen LogP contribution in [0.5, 0.6) is 0 Å². The maximum atomic E-state index is 12.5. The molecule has 2 fully saturated rings. The Labute approximate surface area is 122 Å². The number of nitrogens with one attached hydrogen (secondary N) is 2. The van der Waals surface area contributed by atoms with E-state index in [9.17, 15) is 9.59 Å². The van der Waals surface area contributed by atoms with Crippen molar-refractivity contribution >= 4 is 11.8 Å². The van der Waals surface area contributed by atoms with E-state index in [1.807, 2.05) is 0 Å². The zero-order valence-electron chi connectivity index (χ0n) is 11.9. The summed E-state index contributed by atoms with van der Waals surface area (Å²) in [7, 11) is 0. The molecule has 21 heavy (non-hydrogen) atoms. The lowest BCUT2D eigenvalue weighted by molar-refractivity contribution is -0.141. The molecule has 1 aromatic heterocycles. The zero-order valence-corrected chi connectivity index (χ0v) is 11.9. The fourth-order valence-electron chi connectivity index (χ4n) is 3.18. The Morgan fingerprint density at radius 1 is 1.19 bits per heavy atom. The number of aromatic nitrogens is 4. The predicted molar refractivity (Wildman–Crippen MR) is 72.8 cm³/mol. The third-order valence-corrected chi connectivity index (χ3v) is 4.27. The maximum absolute atomic E-state index is 12.5. The van der Waals surface area contributed by atoms with E-state index in [2.05, 4.69) is 25.9 Å². The summed E-state index contributed by atoms with van der Waals surface area (Å²) in [6, 6.07) is -0.372. The van der Waals surface area contributed by atoms with Crippen molar-refractivity contribution in [3.8, 4) is 0 Å². The molecular formula is C13H20N6O2. The van der Waals surface area contributed by atoms with Crippen LogP contribution in [0.3, 0.4) is 0 Å². The molecule has 1 aliphatic heterocycles. The van der Waals surface area contributed by atoms with Crippen LogP contribution in [0.25, 0.3) is 0 Å². The molecule has 8 nitrogen and oxygen atoms in total. The number of imide groups is 1. The van der Waals surface area contributed by atoms with Gasteiger partial charge in [-0.3, -0.25) is 19.8 Å². The molecule has 1 saturated heterocycles. The average molecular weight is 292 g/mol. The fraction of sp³-hybridized carbons (Fsp3) is 0.769. The standard InChI is InChI=1S/C13H20N6O2/c20-12-7-10(14-8-11-15-17-18-16-11)13(21)19(12)9-5-3-1-2-4-6-9/h9-10,14H,1-8H2,(H,15,16,17,18). The highest BCUT2D eigenvalue weighted by Crippen LogP contribution is 2.26. The van der Waals surface area contributed by atoms with Crippen molar-refractivity contribution in [3.63, 3.8) is 0 Å². The van der Waals surface area contributed by atoms with E-state index in [1.54, 1.807) is 0 Å². The summed E-state index contributed by atoms with van der Waals surface area (Å²) < 4.78 is 0. The molecule has 0 spiro atoms. The Morgan fingerprint density at radius 3 is 2.62 bits per heavy atom. The first kappa shape index (κ1) is 14.1. The van der Waals surface area contributed by atoms with Gasteiger partial charge in [0.25, 0.3) is 0 Å². The molecule has 2 aliphatic rings. The first-order valence-corrected chi connectivity index (χ1v) is 7.57.